The maximum absolute atomic E-state index is 11.0. The molecular formula is C9H16O. The maximum Gasteiger partial charge on any atom is 0.132 e. The van der Waals surface area contributed by atoms with E-state index in [1.54, 1.807) is 6.92 Å². The molecule has 0 spiro atoms. The lowest BCUT2D eigenvalue weighted by Gasteiger charge is -2.07. The summed E-state index contributed by atoms with van der Waals surface area (Å²) in [6, 6.07) is 0. The number of carbonyl (C=O) groups is 1. The number of rotatable bonds is 1. The first kappa shape index (κ1) is 7.77. The van der Waals surface area contributed by atoms with Gasteiger partial charge in [-0.15, -0.1) is 0 Å². The molecule has 0 N–H and O–H groups in total. The third-order valence-corrected chi connectivity index (χ3v) is 2.43. The second-order valence-electron chi connectivity index (χ2n) is 3.30. The zero-order valence-corrected chi connectivity index (χ0v) is 6.73. The minimum Gasteiger partial charge on any atom is -0.300 e. The SMILES string of the molecule is CC(=O)C1CCCCCC1. The van der Waals surface area contributed by atoms with Crippen LogP contribution in [0.15, 0.2) is 0 Å². The van der Waals surface area contributed by atoms with Crippen LogP contribution in [0.5, 0.6) is 0 Å². The van der Waals surface area contributed by atoms with Crippen molar-refractivity contribution < 1.29 is 4.79 Å². The van der Waals surface area contributed by atoms with Crippen molar-refractivity contribution in [1.82, 2.24) is 0 Å². The number of ketones is 1. The van der Waals surface area contributed by atoms with Gasteiger partial charge in [-0.2, -0.15) is 0 Å². The molecule has 58 valence electrons. The summed E-state index contributed by atoms with van der Waals surface area (Å²) in [6.07, 6.45) is 7.51. The van der Waals surface area contributed by atoms with Crippen LogP contribution in [0.1, 0.15) is 45.4 Å². The van der Waals surface area contributed by atoms with Crippen molar-refractivity contribution in [3.8, 4) is 0 Å². The number of carbonyl (C=O) groups excluding carboxylic acids is 1. The lowest BCUT2D eigenvalue weighted by molar-refractivity contribution is -0.121. The van der Waals surface area contributed by atoms with E-state index in [-0.39, 0.29) is 0 Å². The first-order chi connectivity index (χ1) is 4.80. The second kappa shape index (κ2) is 3.75. The van der Waals surface area contributed by atoms with Gasteiger partial charge < -0.3 is 0 Å². The fourth-order valence-corrected chi connectivity index (χ4v) is 1.69. The third kappa shape index (κ3) is 2.13. The van der Waals surface area contributed by atoms with Crippen LogP contribution in [-0.4, -0.2) is 5.78 Å². The van der Waals surface area contributed by atoms with Gasteiger partial charge in [0, 0.05) is 5.92 Å². The van der Waals surface area contributed by atoms with Crippen molar-refractivity contribution in [2.24, 2.45) is 5.92 Å². The largest absolute Gasteiger partial charge is 0.300 e. The van der Waals surface area contributed by atoms with Crippen LogP contribution in [0.25, 0.3) is 0 Å². The smallest absolute Gasteiger partial charge is 0.132 e. The van der Waals surface area contributed by atoms with Gasteiger partial charge in [-0.25, -0.2) is 0 Å². The molecule has 1 aliphatic rings. The van der Waals surface area contributed by atoms with Gasteiger partial charge in [0.05, 0.1) is 0 Å². The fraction of sp³-hybridized carbons (Fsp3) is 0.889. The third-order valence-electron chi connectivity index (χ3n) is 2.43. The second-order valence-corrected chi connectivity index (χ2v) is 3.30. The summed E-state index contributed by atoms with van der Waals surface area (Å²) in [4.78, 5) is 11.0. The Balaban J connectivity index is 2.35. The van der Waals surface area contributed by atoms with Crippen LogP contribution in [0, 0.1) is 5.92 Å². The summed E-state index contributed by atoms with van der Waals surface area (Å²) in [7, 11) is 0. The number of Topliss-reactive ketones (excluding diaryl/α,β-unsaturated/α-hetero) is 1. The molecule has 1 fully saturated rings. The van der Waals surface area contributed by atoms with Crippen molar-refractivity contribution in [2.75, 3.05) is 0 Å². The highest BCUT2D eigenvalue weighted by Crippen LogP contribution is 2.22. The summed E-state index contributed by atoms with van der Waals surface area (Å²) < 4.78 is 0. The van der Waals surface area contributed by atoms with Gasteiger partial charge in [-0.1, -0.05) is 25.7 Å². The van der Waals surface area contributed by atoms with Crippen molar-refractivity contribution in [2.45, 2.75) is 45.4 Å². The molecule has 0 aromatic heterocycles. The van der Waals surface area contributed by atoms with E-state index >= 15 is 0 Å². The molecule has 1 heteroatoms. The Bertz CT molecular complexity index is 110. The maximum atomic E-state index is 11.0. The van der Waals surface area contributed by atoms with Crippen LogP contribution in [0.3, 0.4) is 0 Å². The Morgan fingerprint density at radius 1 is 1.10 bits per heavy atom. The van der Waals surface area contributed by atoms with Crippen molar-refractivity contribution in [1.29, 1.82) is 0 Å². The first-order valence-corrected chi connectivity index (χ1v) is 4.31. The Morgan fingerprint density at radius 2 is 1.60 bits per heavy atom. The highest BCUT2D eigenvalue weighted by Gasteiger charge is 2.15. The van der Waals surface area contributed by atoms with E-state index in [2.05, 4.69) is 0 Å². The van der Waals surface area contributed by atoms with Crippen LogP contribution >= 0.6 is 0 Å². The summed E-state index contributed by atoms with van der Waals surface area (Å²) in [5.74, 6) is 0.810. The molecule has 0 saturated heterocycles. The topological polar surface area (TPSA) is 17.1 Å². The van der Waals surface area contributed by atoms with Gasteiger partial charge in [-0.05, 0) is 19.8 Å². The van der Waals surface area contributed by atoms with Gasteiger partial charge in [-0.3, -0.25) is 4.79 Å². The molecule has 0 aromatic carbocycles. The van der Waals surface area contributed by atoms with Crippen LogP contribution in [0.2, 0.25) is 0 Å². The van der Waals surface area contributed by atoms with Crippen molar-refractivity contribution in [3.05, 3.63) is 0 Å². The average Bonchev–Trinajstić information content (AvgIpc) is 2.12. The molecule has 0 atom stereocenters. The summed E-state index contributed by atoms with van der Waals surface area (Å²) in [5.41, 5.74) is 0. The molecule has 1 nitrogen and oxygen atoms in total. The van der Waals surface area contributed by atoms with Gasteiger partial charge in [0.15, 0.2) is 0 Å². The van der Waals surface area contributed by atoms with E-state index in [0.717, 1.165) is 12.8 Å². The van der Waals surface area contributed by atoms with Crippen molar-refractivity contribution >= 4 is 5.78 Å². The Labute approximate surface area is 62.8 Å². The molecule has 0 amide bonds. The van der Waals surface area contributed by atoms with Gasteiger partial charge in [0.25, 0.3) is 0 Å². The molecular weight excluding hydrogens is 124 g/mol. The summed E-state index contributed by atoms with van der Waals surface area (Å²) in [5, 5.41) is 0. The first-order valence-electron chi connectivity index (χ1n) is 4.31. The fourth-order valence-electron chi connectivity index (χ4n) is 1.69. The predicted octanol–water partition coefficient (Wildman–Crippen LogP) is 2.55. The van der Waals surface area contributed by atoms with E-state index in [1.165, 1.54) is 25.7 Å². The predicted molar refractivity (Wildman–Crippen MR) is 41.9 cm³/mol. The van der Waals surface area contributed by atoms with Gasteiger partial charge in [0.2, 0.25) is 0 Å². The molecule has 10 heavy (non-hydrogen) atoms. The zero-order valence-electron chi connectivity index (χ0n) is 6.73. The van der Waals surface area contributed by atoms with Gasteiger partial charge in [0.1, 0.15) is 5.78 Å². The molecule has 1 rings (SSSR count). The average molecular weight is 140 g/mol. The highest BCUT2D eigenvalue weighted by molar-refractivity contribution is 5.78. The quantitative estimate of drug-likeness (QED) is 0.511. The van der Waals surface area contributed by atoms with E-state index in [4.69, 9.17) is 0 Å². The van der Waals surface area contributed by atoms with Crippen LogP contribution < -0.4 is 0 Å². The lowest BCUT2D eigenvalue weighted by atomic mass is 9.97. The molecule has 1 aliphatic carbocycles. The molecule has 0 aromatic rings. The monoisotopic (exact) mass is 140 g/mol. The summed E-state index contributed by atoms with van der Waals surface area (Å²) >= 11 is 0. The molecule has 0 aliphatic heterocycles. The highest BCUT2D eigenvalue weighted by atomic mass is 16.1. The Morgan fingerprint density at radius 3 is 2.00 bits per heavy atom. The normalized spacial score (nSPS) is 22.1. The van der Waals surface area contributed by atoms with Crippen LogP contribution in [0.4, 0.5) is 0 Å². The standard InChI is InChI=1S/C9H16O/c1-8(10)9-6-4-2-3-5-7-9/h9H,2-7H2,1H3. The Hall–Kier alpha value is -0.330. The zero-order chi connectivity index (χ0) is 7.40. The molecule has 0 bridgehead atoms. The van der Waals surface area contributed by atoms with E-state index in [1.807, 2.05) is 0 Å². The van der Waals surface area contributed by atoms with E-state index in [0.29, 0.717) is 11.7 Å². The van der Waals surface area contributed by atoms with Gasteiger partial charge >= 0.3 is 0 Å². The van der Waals surface area contributed by atoms with E-state index in [9.17, 15) is 4.79 Å². The molecule has 0 radical (unpaired) electrons. The minimum atomic E-state index is 0.405. The summed E-state index contributed by atoms with van der Waals surface area (Å²) in [6.45, 7) is 1.73. The number of hydrogen-bond acceptors (Lipinski definition) is 1. The number of hydrogen-bond donors (Lipinski definition) is 0. The molecule has 0 heterocycles. The Kier molecular flexibility index (Phi) is 2.91. The van der Waals surface area contributed by atoms with E-state index < -0.39 is 0 Å². The van der Waals surface area contributed by atoms with Crippen molar-refractivity contribution in [3.63, 3.8) is 0 Å². The van der Waals surface area contributed by atoms with Crippen LogP contribution in [-0.2, 0) is 4.79 Å². The minimum absolute atomic E-state index is 0.405. The molecule has 1 saturated carbocycles. The lowest BCUT2D eigenvalue weighted by Crippen LogP contribution is -2.08. The molecule has 0 unspecified atom stereocenters.